The molecule has 0 saturated carbocycles. The fourth-order valence-corrected chi connectivity index (χ4v) is 2.76. The molecular weight excluding hydrogens is 230 g/mol. The van der Waals surface area contributed by atoms with Gasteiger partial charge in [0.15, 0.2) is 0 Å². The van der Waals surface area contributed by atoms with Gasteiger partial charge in [0.25, 0.3) is 0 Å². The number of hydrogen-bond donors (Lipinski definition) is 2. The maximum absolute atomic E-state index is 5.80. The molecule has 0 spiro atoms. The number of thiophene rings is 1. The van der Waals surface area contributed by atoms with Crippen LogP contribution in [0.5, 0.6) is 0 Å². The third-order valence-corrected chi connectivity index (χ3v) is 4.05. The van der Waals surface area contributed by atoms with Gasteiger partial charge in [0, 0.05) is 17.3 Å². The van der Waals surface area contributed by atoms with E-state index in [1.807, 2.05) is 6.20 Å². The van der Waals surface area contributed by atoms with Crippen LogP contribution in [0.4, 0.5) is 0 Å². The second-order valence-corrected chi connectivity index (χ2v) is 5.97. The normalized spacial score (nSPS) is 13.2. The SMILES string of the molecule is Cc1ccc(-c2cnc(C(CN)C(C)C)[nH]2)s1. The van der Waals surface area contributed by atoms with Gasteiger partial charge in [-0.15, -0.1) is 11.3 Å². The number of imidazole rings is 1. The lowest BCUT2D eigenvalue weighted by Gasteiger charge is -2.15. The molecule has 0 aliphatic heterocycles. The summed E-state index contributed by atoms with van der Waals surface area (Å²) in [5.74, 6) is 1.82. The van der Waals surface area contributed by atoms with Gasteiger partial charge in [-0.3, -0.25) is 0 Å². The van der Waals surface area contributed by atoms with Crippen LogP contribution >= 0.6 is 11.3 Å². The second-order valence-electron chi connectivity index (χ2n) is 4.68. The van der Waals surface area contributed by atoms with Crippen molar-refractivity contribution in [3.8, 4) is 10.6 Å². The minimum Gasteiger partial charge on any atom is -0.341 e. The molecule has 0 aliphatic rings. The van der Waals surface area contributed by atoms with Gasteiger partial charge in [-0.2, -0.15) is 0 Å². The Bertz CT molecular complexity index is 484. The smallest absolute Gasteiger partial charge is 0.111 e. The highest BCUT2D eigenvalue weighted by Gasteiger charge is 2.17. The van der Waals surface area contributed by atoms with Crippen molar-refractivity contribution in [2.75, 3.05) is 6.54 Å². The number of aromatic amines is 1. The number of rotatable bonds is 4. The minimum atomic E-state index is 0.310. The molecular formula is C13H19N3S. The van der Waals surface area contributed by atoms with E-state index in [1.165, 1.54) is 9.75 Å². The van der Waals surface area contributed by atoms with E-state index in [0.29, 0.717) is 18.4 Å². The Kier molecular flexibility index (Phi) is 3.64. The van der Waals surface area contributed by atoms with Crippen molar-refractivity contribution in [2.45, 2.75) is 26.7 Å². The van der Waals surface area contributed by atoms with Crippen LogP contribution in [0.15, 0.2) is 18.3 Å². The average Bonchev–Trinajstić information content (AvgIpc) is 2.87. The van der Waals surface area contributed by atoms with Gasteiger partial charge in [-0.05, 0) is 25.0 Å². The Morgan fingerprint density at radius 1 is 1.41 bits per heavy atom. The summed E-state index contributed by atoms with van der Waals surface area (Å²) in [7, 11) is 0. The van der Waals surface area contributed by atoms with Crippen LogP contribution in [-0.2, 0) is 0 Å². The molecule has 0 radical (unpaired) electrons. The first-order valence-electron chi connectivity index (χ1n) is 5.93. The number of nitrogens with two attached hydrogens (primary N) is 1. The highest BCUT2D eigenvalue weighted by molar-refractivity contribution is 7.15. The van der Waals surface area contributed by atoms with E-state index < -0.39 is 0 Å². The lowest BCUT2D eigenvalue weighted by atomic mass is 9.95. The Balaban J connectivity index is 2.26. The molecule has 2 heterocycles. The van der Waals surface area contributed by atoms with Crippen molar-refractivity contribution in [3.05, 3.63) is 29.0 Å². The third kappa shape index (κ3) is 2.58. The maximum atomic E-state index is 5.80. The lowest BCUT2D eigenvalue weighted by Crippen LogP contribution is -2.18. The van der Waals surface area contributed by atoms with Crippen molar-refractivity contribution in [1.82, 2.24) is 9.97 Å². The van der Waals surface area contributed by atoms with E-state index in [-0.39, 0.29) is 0 Å². The number of H-pyrrole nitrogens is 1. The molecule has 4 heteroatoms. The number of hydrogen-bond acceptors (Lipinski definition) is 3. The molecule has 2 rings (SSSR count). The molecule has 0 saturated heterocycles. The van der Waals surface area contributed by atoms with Gasteiger partial charge >= 0.3 is 0 Å². The van der Waals surface area contributed by atoms with Crippen LogP contribution in [0.3, 0.4) is 0 Å². The van der Waals surface area contributed by atoms with Gasteiger partial charge in [0.05, 0.1) is 16.8 Å². The zero-order chi connectivity index (χ0) is 12.4. The molecule has 0 aromatic carbocycles. The maximum Gasteiger partial charge on any atom is 0.111 e. The molecule has 17 heavy (non-hydrogen) atoms. The third-order valence-electron chi connectivity index (χ3n) is 3.01. The van der Waals surface area contributed by atoms with E-state index in [9.17, 15) is 0 Å². The summed E-state index contributed by atoms with van der Waals surface area (Å²) in [4.78, 5) is 10.4. The highest BCUT2D eigenvalue weighted by atomic mass is 32.1. The standard InChI is InChI=1S/C13H19N3S/c1-8(2)10(6-14)13-15-7-11(16-13)12-5-4-9(3)17-12/h4-5,7-8,10H,6,14H2,1-3H3,(H,15,16). The predicted octanol–water partition coefficient (Wildman–Crippen LogP) is 3.14. The van der Waals surface area contributed by atoms with Gasteiger partial charge in [-0.25, -0.2) is 4.98 Å². The van der Waals surface area contributed by atoms with Crippen molar-refractivity contribution < 1.29 is 0 Å². The van der Waals surface area contributed by atoms with Crippen molar-refractivity contribution in [3.63, 3.8) is 0 Å². The molecule has 1 atom stereocenters. The summed E-state index contributed by atoms with van der Waals surface area (Å²) in [6.45, 7) is 7.10. The highest BCUT2D eigenvalue weighted by Crippen LogP contribution is 2.28. The first-order valence-corrected chi connectivity index (χ1v) is 6.75. The summed E-state index contributed by atoms with van der Waals surface area (Å²) in [6.07, 6.45) is 1.91. The number of nitrogens with zero attached hydrogens (tertiary/aromatic N) is 1. The zero-order valence-corrected chi connectivity index (χ0v) is 11.3. The quantitative estimate of drug-likeness (QED) is 0.874. The van der Waals surface area contributed by atoms with Gasteiger partial charge < -0.3 is 10.7 Å². The summed E-state index contributed by atoms with van der Waals surface area (Å²) >= 11 is 1.78. The van der Waals surface area contributed by atoms with E-state index in [0.717, 1.165) is 11.5 Å². The van der Waals surface area contributed by atoms with Crippen molar-refractivity contribution in [2.24, 2.45) is 11.7 Å². The molecule has 3 nitrogen and oxygen atoms in total. The molecule has 92 valence electrons. The molecule has 0 fully saturated rings. The summed E-state index contributed by atoms with van der Waals surface area (Å²) in [5.41, 5.74) is 6.90. The zero-order valence-electron chi connectivity index (χ0n) is 10.5. The van der Waals surface area contributed by atoms with E-state index in [4.69, 9.17) is 5.73 Å². The first-order chi connectivity index (χ1) is 8.11. The monoisotopic (exact) mass is 249 g/mol. The molecule has 0 bridgehead atoms. The Morgan fingerprint density at radius 2 is 2.18 bits per heavy atom. The van der Waals surface area contributed by atoms with Crippen LogP contribution < -0.4 is 5.73 Å². The minimum absolute atomic E-state index is 0.310. The molecule has 2 aromatic heterocycles. The fraction of sp³-hybridized carbons (Fsp3) is 0.462. The lowest BCUT2D eigenvalue weighted by molar-refractivity contribution is 0.487. The van der Waals surface area contributed by atoms with Crippen molar-refractivity contribution >= 4 is 11.3 Å². The van der Waals surface area contributed by atoms with Crippen LogP contribution in [0.25, 0.3) is 10.6 Å². The van der Waals surface area contributed by atoms with Crippen LogP contribution in [0, 0.1) is 12.8 Å². The molecule has 2 aromatic rings. The molecule has 0 amide bonds. The first kappa shape index (κ1) is 12.3. The molecule has 1 unspecified atom stereocenters. The average molecular weight is 249 g/mol. The predicted molar refractivity (Wildman–Crippen MR) is 73.3 cm³/mol. The largest absolute Gasteiger partial charge is 0.341 e. The Labute approximate surface area is 106 Å². The number of nitrogens with one attached hydrogen (secondary N) is 1. The van der Waals surface area contributed by atoms with Crippen LogP contribution in [0.2, 0.25) is 0 Å². The summed E-state index contributed by atoms with van der Waals surface area (Å²) in [5, 5.41) is 0. The van der Waals surface area contributed by atoms with E-state index >= 15 is 0 Å². The number of aromatic nitrogens is 2. The Morgan fingerprint density at radius 3 is 2.71 bits per heavy atom. The molecule has 3 N–H and O–H groups in total. The summed E-state index contributed by atoms with van der Waals surface area (Å²) in [6, 6.07) is 4.26. The van der Waals surface area contributed by atoms with Gasteiger partial charge in [0.2, 0.25) is 0 Å². The number of aryl methyl sites for hydroxylation is 1. The van der Waals surface area contributed by atoms with Gasteiger partial charge in [0.1, 0.15) is 5.82 Å². The molecule has 0 aliphatic carbocycles. The van der Waals surface area contributed by atoms with Crippen molar-refractivity contribution in [1.29, 1.82) is 0 Å². The topological polar surface area (TPSA) is 54.7 Å². The summed E-state index contributed by atoms with van der Waals surface area (Å²) < 4.78 is 0. The fourth-order valence-electron chi connectivity index (χ4n) is 1.93. The van der Waals surface area contributed by atoms with E-state index in [2.05, 4.69) is 42.9 Å². The Hall–Kier alpha value is -1.13. The van der Waals surface area contributed by atoms with Crippen LogP contribution in [0.1, 0.15) is 30.5 Å². The second kappa shape index (κ2) is 5.02. The van der Waals surface area contributed by atoms with Gasteiger partial charge in [-0.1, -0.05) is 13.8 Å². The van der Waals surface area contributed by atoms with E-state index in [1.54, 1.807) is 11.3 Å². The van der Waals surface area contributed by atoms with Crippen LogP contribution in [-0.4, -0.2) is 16.5 Å².